The van der Waals surface area contributed by atoms with E-state index in [0.29, 0.717) is 28.4 Å². The van der Waals surface area contributed by atoms with Crippen LogP contribution in [0, 0.1) is 0 Å². The standard InChI is InChI=1S/C19H21FN4O3S/c1-18(5-3-4-14(18)20)23-15-12-10-13(19(26)6-8-28(27)9-7-19)17(25)24(2)16(12)22-11-21-15/h3-5,10-11,26H,6-9H2,1-2H3,(H,21,22,23)/t18-,19?,28?/m0/s1. The molecule has 28 heavy (non-hydrogen) atoms. The lowest BCUT2D eigenvalue weighted by Gasteiger charge is -2.32. The zero-order valence-corrected chi connectivity index (χ0v) is 16.4. The summed E-state index contributed by atoms with van der Waals surface area (Å²) in [6.45, 7) is 1.68. The minimum atomic E-state index is -1.35. The first-order valence-electron chi connectivity index (χ1n) is 9.00. The van der Waals surface area contributed by atoms with Crippen LogP contribution in [0.5, 0.6) is 0 Å². The molecule has 0 spiro atoms. The second kappa shape index (κ2) is 6.59. The van der Waals surface area contributed by atoms with Gasteiger partial charge in [0.1, 0.15) is 29.2 Å². The third-order valence-corrected chi connectivity index (χ3v) is 6.86. The van der Waals surface area contributed by atoms with Gasteiger partial charge in [-0.1, -0.05) is 12.2 Å². The highest BCUT2D eigenvalue weighted by atomic mass is 32.2. The number of hydrogen-bond donors (Lipinski definition) is 2. The van der Waals surface area contributed by atoms with Gasteiger partial charge >= 0.3 is 0 Å². The maximum absolute atomic E-state index is 14.2. The molecule has 0 amide bonds. The predicted molar refractivity (Wildman–Crippen MR) is 106 cm³/mol. The van der Waals surface area contributed by atoms with Crippen molar-refractivity contribution < 1.29 is 13.7 Å². The summed E-state index contributed by atoms with van der Waals surface area (Å²) in [7, 11) is 0.598. The van der Waals surface area contributed by atoms with Gasteiger partial charge in [-0.25, -0.2) is 14.4 Å². The molecule has 2 aliphatic rings. The number of pyridine rings is 1. The minimum Gasteiger partial charge on any atom is -0.385 e. The van der Waals surface area contributed by atoms with E-state index < -0.39 is 21.9 Å². The molecule has 9 heteroatoms. The lowest BCUT2D eigenvalue weighted by Crippen LogP contribution is -2.40. The van der Waals surface area contributed by atoms with Gasteiger partial charge in [0.25, 0.3) is 5.56 Å². The van der Waals surface area contributed by atoms with Crippen LogP contribution in [0.3, 0.4) is 0 Å². The largest absolute Gasteiger partial charge is 0.385 e. The van der Waals surface area contributed by atoms with Gasteiger partial charge in [-0.3, -0.25) is 13.6 Å². The summed E-state index contributed by atoms with van der Waals surface area (Å²) in [6.07, 6.45) is 6.48. The predicted octanol–water partition coefficient (Wildman–Crippen LogP) is 1.65. The molecule has 7 nitrogen and oxygen atoms in total. The molecule has 0 bridgehead atoms. The molecular weight excluding hydrogens is 383 g/mol. The molecule has 0 aromatic carbocycles. The van der Waals surface area contributed by atoms with Gasteiger partial charge < -0.3 is 10.4 Å². The van der Waals surface area contributed by atoms with Gasteiger partial charge in [-0.05, 0) is 31.9 Å². The number of allylic oxidation sites excluding steroid dienone is 2. The number of aryl methyl sites for hydroxylation is 1. The molecule has 148 valence electrons. The number of nitrogens with zero attached hydrogens (tertiary/aromatic N) is 3. The summed E-state index contributed by atoms with van der Waals surface area (Å²) in [5, 5.41) is 14.7. The second-order valence-corrected chi connectivity index (χ2v) is 9.16. The van der Waals surface area contributed by atoms with Crippen molar-refractivity contribution in [1.29, 1.82) is 0 Å². The topological polar surface area (TPSA) is 97.1 Å². The third-order valence-electron chi connectivity index (χ3n) is 5.54. The zero-order valence-electron chi connectivity index (χ0n) is 15.6. The van der Waals surface area contributed by atoms with Crippen molar-refractivity contribution >= 4 is 27.7 Å². The van der Waals surface area contributed by atoms with Crippen molar-refractivity contribution in [2.24, 2.45) is 7.05 Å². The second-order valence-electron chi connectivity index (χ2n) is 7.46. The average Bonchev–Trinajstić information content (AvgIpc) is 2.99. The first kappa shape index (κ1) is 18.9. The number of nitrogens with one attached hydrogen (secondary N) is 1. The number of hydrogen-bond acceptors (Lipinski definition) is 6. The van der Waals surface area contributed by atoms with E-state index in [-0.39, 0.29) is 29.8 Å². The van der Waals surface area contributed by atoms with Gasteiger partial charge in [-0.15, -0.1) is 0 Å². The first-order valence-corrected chi connectivity index (χ1v) is 10.5. The van der Waals surface area contributed by atoms with Crippen molar-refractivity contribution in [1.82, 2.24) is 14.5 Å². The maximum atomic E-state index is 14.2. The van der Waals surface area contributed by atoms with E-state index in [1.165, 1.54) is 17.0 Å². The Morgan fingerprint density at radius 2 is 2.04 bits per heavy atom. The van der Waals surface area contributed by atoms with Crippen LogP contribution in [-0.4, -0.2) is 40.9 Å². The number of aromatic nitrogens is 3. The first-order chi connectivity index (χ1) is 13.2. The maximum Gasteiger partial charge on any atom is 0.258 e. The van der Waals surface area contributed by atoms with Crippen molar-refractivity contribution in [3.63, 3.8) is 0 Å². The van der Waals surface area contributed by atoms with Crippen LogP contribution in [0.15, 0.2) is 41.2 Å². The number of halogens is 1. The van der Waals surface area contributed by atoms with Crippen molar-refractivity contribution in [3.8, 4) is 0 Å². The summed E-state index contributed by atoms with van der Waals surface area (Å²) in [6, 6.07) is 1.58. The fourth-order valence-electron chi connectivity index (χ4n) is 3.69. The Balaban J connectivity index is 1.87. The van der Waals surface area contributed by atoms with Crippen molar-refractivity contribution in [2.75, 3.05) is 16.8 Å². The van der Waals surface area contributed by atoms with Crippen molar-refractivity contribution in [2.45, 2.75) is 30.9 Å². The molecule has 0 saturated carbocycles. The molecule has 2 aromatic heterocycles. The number of fused-ring (bicyclic) bond motifs is 1. The molecule has 2 aromatic rings. The Labute approximate surface area is 163 Å². The van der Waals surface area contributed by atoms with Gasteiger partial charge in [0.15, 0.2) is 0 Å². The molecule has 2 N–H and O–H groups in total. The molecule has 1 fully saturated rings. The van der Waals surface area contributed by atoms with Gasteiger partial charge in [0.05, 0.1) is 11.0 Å². The average molecular weight is 404 g/mol. The van der Waals surface area contributed by atoms with Gasteiger partial charge in [0.2, 0.25) is 0 Å². The monoisotopic (exact) mass is 404 g/mol. The molecule has 4 rings (SSSR count). The summed E-state index contributed by atoms with van der Waals surface area (Å²) in [4.78, 5) is 21.3. The van der Waals surface area contributed by atoms with Crippen LogP contribution >= 0.6 is 0 Å². The smallest absolute Gasteiger partial charge is 0.258 e. The highest BCUT2D eigenvalue weighted by Gasteiger charge is 2.37. The summed E-state index contributed by atoms with van der Waals surface area (Å²) < 4.78 is 27.3. The van der Waals surface area contributed by atoms with Crippen LogP contribution < -0.4 is 10.9 Å². The summed E-state index contributed by atoms with van der Waals surface area (Å²) >= 11 is 0. The quantitative estimate of drug-likeness (QED) is 0.808. The molecule has 0 unspecified atom stereocenters. The summed E-state index contributed by atoms with van der Waals surface area (Å²) in [5.74, 6) is 0.694. The molecule has 0 radical (unpaired) electrons. The van der Waals surface area contributed by atoms with E-state index in [9.17, 15) is 18.5 Å². The van der Waals surface area contributed by atoms with Gasteiger partial charge in [0, 0.05) is 34.9 Å². The molecule has 1 atom stereocenters. The highest BCUT2D eigenvalue weighted by Crippen LogP contribution is 2.35. The third kappa shape index (κ3) is 2.98. The number of aliphatic hydroxyl groups is 1. The van der Waals surface area contributed by atoms with Crippen LogP contribution in [0.4, 0.5) is 10.2 Å². The fourth-order valence-corrected chi connectivity index (χ4v) is 5.02. The Hall–Kier alpha value is -2.39. The molecule has 1 aliphatic heterocycles. The SMILES string of the molecule is Cn1c(=O)c(C2(O)CCS(=O)CC2)cc2c(N[C@@]3(C)C=CC=C3F)ncnc21. The van der Waals surface area contributed by atoms with E-state index in [1.807, 2.05) is 0 Å². The fraction of sp³-hybridized carbons (Fsp3) is 0.421. The Morgan fingerprint density at radius 1 is 1.32 bits per heavy atom. The molecule has 3 heterocycles. The van der Waals surface area contributed by atoms with E-state index in [0.717, 1.165) is 0 Å². The number of rotatable bonds is 3. The Bertz CT molecular complexity index is 1100. The van der Waals surface area contributed by atoms with Crippen molar-refractivity contribution in [3.05, 3.63) is 52.4 Å². The Kier molecular flexibility index (Phi) is 4.46. The lowest BCUT2D eigenvalue weighted by atomic mass is 9.88. The van der Waals surface area contributed by atoms with E-state index in [1.54, 1.807) is 32.2 Å². The van der Waals surface area contributed by atoms with E-state index >= 15 is 0 Å². The normalized spacial score (nSPS) is 29.9. The van der Waals surface area contributed by atoms with Crippen LogP contribution in [0.2, 0.25) is 0 Å². The lowest BCUT2D eigenvalue weighted by molar-refractivity contribution is 0.0256. The van der Waals surface area contributed by atoms with Gasteiger partial charge in [-0.2, -0.15) is 0 Å². The van der Waals surface area contributed by atoms with E-state index in [2.05, 4.69) is 15.3 Å². The van der Waals surface area contributed by atoms with E-state index in [4.69, 9.17) is 0 Å². The molecular formula is C19H21FN4O3S. The number of anilines is 1. The van der Waals surface area contributed by atoms with Crippen LogP contribution in [0.1, 0.15) is 25.3 Å². The molecule has 1 saturated heterocycles. The summed E-state index contributed by atoms with van der Waals surface area (Å²) in [5.41, 5.74) is -2.16. The minimum absolute atomic E-state index is 0.222. The Morgan fingerprint density at radius 3 is 2.68 bits per heavy atom. The van der Waals surface area contributed by atoms with Crippen LogP contribution in [0.25, 0.3) is 11.0 Å². The molecule has 1 aliphatic carbocycles. The highest BCUT2D eigenvalue weighted by molar-refractivity contribution is 7.85. The van der Waals surface area contributed by atoms with Crippen LogP contribution in [-0.2, 0) is 23.4 Å². The zero-order chi connectivity index (χ0) is 20.1.